The monoisotopic (exact) mass is 442 g/mol. The smallest absolute Gasteiger partial charge is 0.216 e. The summed E-state index contributed by atoms with van der Waals surface area (Å²) >= 11 is 3.72. The molecule has 0 radical (unpaired) electrons. The van der Waals surface area contributed by atoms with Crippen LogP contribution in [0.5, 0.6) is 17.4 Å². The third-order valence-corrected chi connectivity index (χ3v) is 6.15. The summed E-state index contributed by atoms with van der Waals surface area (Å²) in [5, 5.41) is 3.96. The Balaban J connectivity index is 1.89. The van der Waals surface area contributed by atoms with Gasteiger partial charge in [0.15, 0.2) is 0 Å². The van der Waals surface area contributed by atoms with Gasteiger partial charge in [-0.15, -0.1) is 0 Å². The molecule has 1 aromatic heterocycles. The molecular weight excluding hydrogens is 420 g/mol. The molecular formula is C22H23BrN2O3. The van der Waals surface area contributed by atoms with E-state index < -0.39 is 0 Å². The number of aryl methyl sites for hydroxylation is 2. The molecule has 0 spiro atoms. The number of amides is 1. The highest BCUT2D eigenvalue weighted by Gasteiger charge is 2.27. The summed E-state index contributed by atoms with van der Waals surface area (Å²) in [6.07, 6.45) is 0.671. The van der Waals surface area contributed by atoms with Crippen molar-refractivity contribution in [2.75, 3.05) is 13.7 Å². The van der Waals surface area contributed by atoms with Crippen LogP contribution in [0.1, 0.15) is 29.2 Å². The number of methoxy groups -OCH3 is 1. The van der Waals surface area contributed by atoms with Crippen molar-refractivity contribution in [3.8, 4) is 17.4 Å². The molecule has 146 valence electrons. The van der Waals surface area contributed by atoms with Gasteiger partial charge in [-0.05, 0) is 65.5 Å². The minimum Gasteiger partial charge on any atom is -0.496 e. The lowest BCUT2D eigenvalue weighted by Crippen LogP contribution is -2.22. The quantitative estimate of drug-likeness (QED) is 0.490. The van der Waals surface area contributed by atoms with E-state index in [0.29, 0.717) is 13.0 Å². The highest BCUT2D eigenvalue weighted by molar-refractivity contribution is 9.10. The summed E-state index contributed by atoms with van der Waals surface area (Å²) in [5.41, 5.74) is 5.80. The van der Waals surface area contributed by atoms with E-state index in [2.05, 4.69) is 57.9 Å². The summed E-state index contributed by atoms with van der Waals surface area (Å²) in [4.78, 5) is 11.3. The van der Waals surface area contributed by atoms with Gasteiger partial charge in [-0.2, -0.15) is 0 Å². The molecule has 5 nitrogen and oxygen atoms in total. The third-order valence-electron chi connectivity index (χ3n) is 5.36. The van der Waals surface area contributed by atoms with E-state index in [1.165, 1.54) is 23.6 Å². The maximum Gasteiger partial charge on any atom is 0.216 e. The topological polar surface area (TPSA) is 52.5 Å². The van der Waals surface area contributed by atoms with E-state index in [-0.39, 0.29) is 5.91 Å². The van der Waals surface area contributed by atoms with Gasteiger partial charge >= 0.3 is 0 Å². The zero-order valence-corrected chi connectivity index (χ0v) is 18.1. The summed E-state index contributed by atoms with van der Waals surface area (Å²) in [6, 6.07) is 8.35. The van der Waals surface area contributed by atoms with Crippen LogP contribution in [0.4, 0.5) is 0 Å². The van der Waals surface area contributed by atoms with Gasteiger partial charge in [0.05, 0.1) is 23.6 Å². The van der Waals surface area contributed by atoms with E-state index in [0.717, 1.165) is 44.9 Å². The predicted octanol–water partition coefficient (Wildman–Crippen LogP) is 4.86. The maximum absolute atomic E-state index is 11.3. The minimum atomic E-state index is -0.0357. The van der Waals surface area contributed by atoms with Crippen molar-refractivity contribution < 1.29 is 14.3 Å². The van der Waals surface area contributed by atoms with Crippen LogP contribution < -0.4 is 14.8 Å². The Hall–Kier alpha value is -2.47. The first-order valence-corrected chi connectivity index (χ1v) is 10.1. The molecule has 4 rings (SSSR count). The number of carbonyl (C=O) groups is 1. The fourth-order valence-electron chi connectivity index (χ4n) is 3.81. The Labute approximate surface area is 172 Å². The van der Waals surface area contributed by atoms with Crippen molar-refractivity contribution in [1.29, 1.82) is 0 Å². The van der Waals surface area contributed by atoms with Gasteiger partial charge < -0.3 is 19.4 Å². The van der Waals surface area contributed by atoms with Crippen LogP contribution in [0.15, 0.2) is 28.7 Å². The molecule has 2 aromatic carbocycles. The molecule has 1 aliphatic heterocycles. The second kappa shape index (κ2) is 7.17. The first-order chi connectivity index (χ1) is 13.4. The van der Waals surface area contributed by atoms with E-state index >= 15 is 0 Å². The van der Waals surface area contributed by atoms with Gasteiger partial charge in [0.2, 0.25) is 11.8 Å². The van der Waals surface area contributed by atoms with Gasteiger partial charge in [-0.3, -0.25) is 4.79 Å². The van der Waals surface area contributed by atoms with Crippen LogP contribution >= 0.6 is 15.9 Å². The highest BCUT2D eigenvalue weighted by atomic mass is 79.9. The number of nitrogens with one attached hydrogen (secondary N) is 1. The van der Waals surface area contributed by atoms with E-state index in [4.69, 9.17) is 9.47 Å². The lowest BCUT2D eigenvalue weighted by molar-refractivity contribution is -0.118. The van der Waals surface area contributed by atoms with Gasteiger partial charge in [-0.25, -0.2) is 0 Å². The second-order valence-electron chi connectivity index (χ2n) is 7.22. The number of halogens is 1. The number of hydrogen-bond donors (Lipinski definition) is 1. The van der Waals surface area contributed by atoms with Crippen LogP contribution in [0.25, 0.3) is 10.9 Å². The summed E-state index contributed by atoms with van der Waals surface area (Å²) in [5.74, 6) is 2.49. The van der Waals surface area contributed by atoms with Crippen molar-refractivity contribution in [2.45, 2.75) is 33.7 Å². The highest BCUT2D eigenvalue weighted by Crippen LogP contribution is 2.46. The summed E-state index contributed by atoms with van der Waals surface area (Å²) in [7, 11) is 1.66. The molecule has 0 unspecified atom stereocenters. The van der Waals surface area contributed by atoms with Crippen LogP contribution in [-0.4, -0.2) is 24.1 Å². The Morgan fingerprint density at radius 1 is 1.29 bits per heavy atom. The van der Waals surface area contributed by atoms with Gasteiger partial charge in [0, 0.05) is 30.0 Å². The Kier molecular flexibility index (Phi) is 4.83. The van der Waals surface area contributed by atoms with Crippen LogP contribution in [0.2, 0.25) is 0 Å². The van der Waals surface area contributed by atoms with Gasteiger partial charge in [0.25, 0.3) is 0 Å². The summed E-state index contributed by atoms with van der Waals surface area (Å²) in [6.45, 7) is 7.06. The predicted molar refractivity (Wildman–Crippen MR) is 114 cm³/mol. The molecule has 0 fully saturated rings. The van der Waals surface area contributed by atoms with E-state index in [1.807, 2.05) is 6.07 Å². The zero-order chi connectivity index (χ0) is 20.0. The standard InChI is InChI=1S/C22H23BrN2O3/c1-12-9-15-11-25-17-5-6-18(27-4)21(23)20(17)16(7-8-24-14(3)26)22(25)28-19(15)10-13(12)2/h5-6,9-10H,7-8,11H2,1-4H3,(H,24,26). The number of benzene rings is 2. The molecule has 1 aliphatic rings. The van der Waals surface area contributed by atoms with Crippen molar-refractivity contribution in [1.82, 2.24) is 9.88 Å². The summed E-state index contributed by atoms with van der Waals surface area (Å²) < 4.78 is 15.0. The largest absolute Gasteiger partial charge is 0.496 e. The van der Waals surface area contributed by atoms with Gasteiger partial charge in [0.1, 0.15) is 11.5 Å². The number of rotatable bonds is 4. The molecule has 0 saturated carbocycles. The molecule has 0 atom stereocenters. The number of fused-ring (bicyclic) bond motifs is 4. The molecule has 1 amide bonds. The maximum atomic E-state index is 11.3. The van der Waals surface area contributed by atoms with E-state index in [1.54, 1.807) is 7.11 Å². The molecule has 2 heterocycles. The Morgan fingerprint density at radius 2 is 2.04 bits per heavy atom. The zero-order valence-electron chi connectivity index (χ0n) is 16.5. The van der Waals surface area contributed by atoms with Crippen molar-refractivity contribution in [2.24, 2.45) is 0 Å². The van der Waals surface area contributed by atoms with E-state index in [9.17, 15) is 4.79 Å². The van der Waals surface area contributed by atoms with Crippen molar-refractivity contribution >= 4 is 32.7 Å². The van der Waals surface area contributed by atoms with Crippen molar-refractivity contribution in [3.63, 3.8) is 0 Å². The average Bonchev–Trinajstić information content (AvgIpc) is 2.95. The fraction of sp³-hybridized carbons (Fsp3) is 0.318. The number of nitrogens with zero attached hydrogens (tertiary/aromatic N) is 1. The first kappa shape index (κ1) is 18.9. The Morgan fingerprint density at radius 3 is 2.75 bits per heavy atom. The van der Waals surface area contributed by atoms with Crippen LogP contribution in [0.3, 0.4) is 0 Å². The molecule has 3 aromatic rings. The molecule has 1 N–H and O–H groups in total. The molecule has 28 heavy (non-hydrogen) atoms. The lowest BCUT2D eigenvalue weighted by atomic mass is 10.0. The molecule has 6 heteroatoms. The number of aromatic nitrogens is 1. The molecule has 0 aliphatic carbocycles. The number of carbonyl (C=O) groups excluding carboxylic acids is 1. The SMILES string of the molecule is COc1ccc2c(c1Br)c(CCNC(C)=O)c1n2Cc2cc(C)c(C)cc2O1. The third kappa shape index (κ3) is 3.05. The molecule has 0 bridgehead atoms. The van der Waals surface area contributed by atoms with Crippen LogP contribution in [0, 0.1) is 13.8 Å². The van der Waals surface area contributed by atoms with Crippen molar-refractivity contribution in [3.05, 3.63) is 51.0 Å². The second-order valence-corrected chi connectivity index (χ2v) is 8.02. The minimum absolute atomic E-state index is 0.0357. The first-order valence-electron chi connectivity index (χ1n) is 9.30. The average molecular weight is 443 g/mol. The number of hydrogen-bond acceptors (Lipinski definition) is 3. The Bertz CT molecular complexity index is 1100. The lowest BCUT2D eigenvalue weighted by Gasteiger charge is -2.23. The normalized spacial score (nSPS) is 12.3. The van der Waals surface area contributed by atoms with Crippen LogP contribution in [-0.2, 0) is 17.8 Å². The fourth-order valence-corrected chi connectivity index (χ4v) is 4.54. The molecule has 0 saturated heterocycles. The van der Waals surface area contributed by atoms with Gasteiger partial charge in [-0.1, -0.05) is 6.07 Å². The number of ether oxygens (including phenoxy) is 2.